The number of hydrogen-bond donors (Lipinski definition) is 0. The Morgan fingerprint density at radius 1 is 1.05 bits per heavy atom. The van der Waals surface area contributed by atoms with E-state index in [0.29, 0.717) is 13.0 Å². The number of benzene rings is 2. The second-order valence-corrected chi connectivity index (χ2v) is 4.78. The lowest BCUT2D eigenvalue weighted by atomic mass is 10.2. The molecular formula is C18H15N3. The van der Waals surface area contributed by atoms with E-state index in [4.69, 9.17) is 5.26 Å². The maximum absolute atomic E-state index is 8.95. The number of fused-ring (bicyclic) bond motifs is 1. The molecule has 0 amide bonds. The summed E-state index contributed by atoms with van der Waals surface area (Å²) in [6.07, 6.45) is 4.52. The van der Waals surface area contributed by atoms with Crippen LogP contribution in [0.2, 0.25) is 0 Å². The Balaban J connectivity index is 1.90. The van der Waals surface area contributed by atoms with Gasteiger partial charge in [0.1, 0.15) is 5.82 Å². The van der Waals surface area contributed by atoms with Gasteiger partial charge in [-0.3, -0.25) is 0 Å². The maximum Gasteiger partial charge on any atom is 0.124 e. The Bertz CT molecular complexity index is 807. The van der Waals surface area contributed by atoms with E-state index in [0.717, 1.165) is 16.9 Å². The first-order chi connectivity index (χ1) is 10.4. The van der Waals surface area contributed by atoms with Gasteiger partial charge in [0.2, 0.25) is 0 Å². The van der Waals surface area contributed by atoms with Gasteiger partial charge in [-0.2, -0.15) is 5.26 Å². The molecule has 0 N–H and O–H groups in total. The molecule has 0 spiro atoms. The SMILES string of the molecule is N#CCc1nc2ccccc2n1CC=Cc1ccccc1. The smallest absolute Gasteiger partial charge is 0.124 e. The van der Waals surface area contributed by atoms with Crippen molar-refractivity contribution in [3.63, 3.8) is 0 Å². The number of aromatic nitrogens is 2. The number of nitriles is 1. The summed E-state index contributed by atoms with van der Waals surface area (Å²) in [5.41, 5.74) is 3.18. The normalized spacial score (nSPS) is 11.0. The zero-order chi connectivity index (χ0) is 14.5. The van der Waals surface area contributed by atoms with Crippen molar-refractivity contribution < 1.29 is 0 Å². The fourth-order valence-corrected chi connectivity index (χ4v) is 2.39. The van der Waals surface area contributed by atoms with Crippen LogP contribution in [0.4, 0.5) is 0 Å². The first-order valence-corrected chi connectivity index (χ1v) is 6.91. The van der Waals surface area contributed by atoms with Gasteiger partial charge >= 0.3 is 0 Å². The van der Waals surface area contributed by atoms with Gasteiger partial charge in [0.05, 0.1) is 23.5 Å². The molecule has 0 atom stereocenters. The third-order valence-corrected chi connectivity index (χ3v) is 3.37. The van der Waals surface area contributed by atoms with Crippen LogP contribution in [-0.2, 0) is 13.0 Å². The van der Waals surface area contributed by atoms with Crippen molar-refractivity contribution in [1.82, 2.24) is 9.55 Å². The summed E-state index contributed by atoms with van der Waals surface area (Å²) < 4.78 is 2.10. The molecule has 0 aliphatic rings. The number of nitrogens with zero attached hydrogens (tertiary/aromatic N) is 3. The lowest BCUT2D eigenvalue weighted by molar-refractivity contribution is 0.789. The molecule has 0 saturated heterocycles. The van der Waals surface area contributed by atoms with E-state index in [2.05, 4.69) is 39.9 Å². The van der Waals surface area contributed by atoms with Gasteiger partial charge in [0.25, 0.3) is 0 Å². The molecular weight excluding hydrogens is 258 g/mol. The number of hydrogen-bond acceptors (Lipinski definition) is 2. The summed E-state index contributed by atoms with van der Waals surface area (Å²) in [6.45, 7) is 0.715. The minimum atomic E-state index is 0.327. The largest absolute Gasteiger partial charge is 0.323 e. The summed E-state index contributed by atoms with van der Waals surface area (Å²) in [5.74, 6) is 0.816. The Kier molecular flexibility index (Phi) is 3.79. The average Bonchev–Trinajstić information content (AvgIpc) is 2.87. The molecule has 0 unspecified atom stereocenters. The van der Waals surface area contributed by atoms with Crippen LogP contribution in [0.5, 0.6) is 0 Å². The molecule has 3 aromatic rings. The fraction of sp³-hybridized carbons (Fsp3) is 0.111. The quantitative estimate of drug-likeness (QED) is 0.725. The first kappa shape index (κ1) is 13.1. The maximum atomic E-state index is 8.95. The highest BCUT2D eigenvalue weighted by Gasteiger charge is 2.08. The number of imidazole rings is 1. The number of para-hydroxylation sites is 2. The summed E-state index contributed by atoms with van der Waals surface area (Å²) in [5, 5.41) is 8.95. The predicted molar refractivity (Wildman–Crippen MR) is 84.5 cm³/mol. The number of rotatable bonds is 4. The van der Waals surface area contributed by atoms with Gasteiger partial charge in [0, 0.05) is 6.54 Å². The molecule has 21 heavy (non-hydrogen) atoms. The van der Waals surface area contributed by atoms with Crippen molar-refractivity contribution in [1.29, 1.82) is 5.26 Å². The second kappa shape index (κ2) is 6.06. The fourth-order valence-electron chi connectivity index (χ4n) is 2.39. The van der Waals surface area contributed by atoms with E-state index in [-0.39, 0.29) is 0 Å². The average molecular weight is 273 g/mol. The molecule has 0 bridgehead atoms. The minimum Gasteiger partial charge on any atom is -0.323 e. The molecule has 3 rings (SSSR count). The van der Waals surface area contributed by atoms with E-state index >= 15 is 0 Å². The second-order valence-electron chi connectivity index (χ2n) is 4.78. The Hall–Kier alpha value is -2.86. The molecule has 2 aromatic carbocycles. The Morgan fingerprint density at radius 3 is 2.62 bits per heavy atom. The van der Waals surface area contributed by atoms with E-state index in [1.54, 1.807) is 0 Å². The van der Waals surface area contributed by atoms with Gasteiger partial charge in [0.15, 0.2) is 0 Å². The summed E-state index contributed by atoms with van der Waals surface area (Å²) in [6, 6.07) is 20.4. The molecule has 1 heterocycles. The molecule has 0 saturated carbocycles. The van der Waals surface area contributed by atoms with E-state index < -0.39 is 0 Å². The van der Waals surface area contributed by atoms with E-state index in [9.17, 15) is 0 Å². The first-order valence-electron chi connectivity index (χ1n) is 6.91. The van der Waals surface area contributed by atoms with Crippen LogP contribution in [0.3, 0.4) is 0 Å². The van der Waals surface area contributed by atoms with Crippen LogP contribution in [-0.4, -0.2) is 9.55 Å². The minimum absolute atomic E-state index is 0.327. The van der Waals surface area contributed by atoms with Crippen molar-refractivity contribution in [2.45, 2.75) is 13.0 Å². The van der Waals surface area contributed by atoms with Gasteiger partial charge in [-0.25, -0.2) is 4.98 Å². The standard InChI is InChI=1S/C18H15N3/c19-13-12-18-20-16-10-4-5-11-17(16)21(18)14-6-9-15-7-2-1-3-8-15/h1-11H,12,14H2. The zero-order valence-corrected chi connectivity index (χ0v) is 11.6. The monoisotopic (exact) mass is 273 g/mol. The van der Waals surface area contributed by atoms with Gasteiger partial charge < -0.3 is 4.57 Å². The molecule has 0 aliphatic carbocycles. The van der Waals surface area contributed by atoms with Crippen molar-refractivity contribution in [3.8, 4) is 6.07 Å². The number of allylic oxidation sites excluding steroid dienone is 1. The highest BCUT2D eigenvalue weighted by Crippen LogP contribution is 2.16. The summed E-state index contributed by atoms with van der Waals surface area (Å²) in [7, 11) is 0. The van der Waals surface area contributed by atoms with Gasteiger partial charge in [-0.1, -0.05) is 54.6 Å². The highest BCUT2D eigenvalue weighted by atomic mass is 15.1. The topological polar surface area (TPSA) is 41.6 Å². The van der Waals surface area contributed by atoms with Crippen LogP contribution in [0, 0.1) is 11.3 Å². The molecule has 1 aromatic heterocycles. The molecule has 0 fully saturated rings. The van der Waals surface area contributed by atoms with Gasteiger partial charge in [-0.05, 0) is 17.7 Å². The molecule has 3 nitrogen and oxygen atoms in total. The van der Waals surface area contributed by atoms with Gasteiger partial charge in [-0.15, -0.1) is 0 Å². The zero-order valence-electron chi connectivity index (χ0n) is 11.6. The van der Waals surface area contributed by atoms with Crippen LogP contribution >= 0.6 is 0 Å². The molecule has 0 radical (unpaired) electrons. The summed E-state index contributed by atoms with van der Waals surface area (Å²) >= 11 is 0. The van der Waals surface area contributed by atoms with Crippen LogP contribution in [0.1, 0.15) is 11.4 Å². The third kappa shape index (κ3) is 2.85. The van der Waals surface area contributed by atoms with Crippen molar-refractivity contribution in [2.24, 2.45) is 0 Å². The molecule has 102 valence electrons. The van der Waals surface area contributed by atoms with Crippen molar-refractivity contribution >= 4 is 17.1 Å². The molecule has 3 heteroatoms. The lowest BCUT2D eigenvalue weighted by Gasteiger charge is -2.03. The summed E-state index contributed by atoms with van der Waals surface area (Å²) in [4.78, 5) is 4.53. The highest BCUT2D eigenvalue weighted by molar-refractivity contribution is 5.76. The van der Waals surface area contributed by atoms with Crippen molar-refractivity contribution in [2.75, 3.05) is 0 Å². The predicted octanol–water partition coefficient (Wildman–Crippen LogP) is 3.82. The van der Waals surface area contributed by atoms with Crippen molar-refractivity contribution in [3.05, 3.63) is 72.1 Å². The Morgan fingerprint density at radius 2 is 1.81 bits per heavy atom. The van der Waals surface area contributed by atoms with Crippen LogP contribution in [0.15, 0.2) is 60.7 Å². The lowest BCUT2D eigenvalue weighted by Crippen LogP contribution is -2.01. The van der Waals surface area contributed by atoms with E-state index in [1.807, 2.05) is 42.5 Å². The third-order valence-electron chi connectivity index (χ3n) is 3.37. The van der Waals surface area contributed by atoms with Crippen LogP contribution < -0.4 is 0 Å². The van der Waals surface area contributed by atoms with E-state index in [1.165, 1.54) is 5.56 Å². The molecule has 0 aliphatic heterocycles. The van der Waals surface area contributed by atoms with Crippen LogP contribution in [0.25, 0.3) is 17.1 Å². The Labute approximate surface area is 123 Å².